The lowest BCUT2D eigenvalue weighted by molar-refractivity contribution is -0.146. The molecule has 6 nitrogen and oxygen atoms in total. The number of carbonyl (C=O) groups excluding carboxylic acids is 2. The van der Waals surface area contributed by atoms with Gasteiger partial charge in [0, 0.05) is 12.1 Å². The lowest BCUT2D eigenvalue weighted by Gasteiger charge is -2.16. The molecule has 0 N–H and O–H groups in total. The predicted molar refractivity (Wildman–Crippen MR) is 71.5 cm³/mol. The Balaban J connectivity index is 2.47. The number of esters is 2. The first kappa shape index (κ1) is 14.2. The first-order valence-corrected chi connectivity index (χ1v) is 6.52. The van der Waals surface area contributed by atoms with Crippen molar-refractivity contribution in [3.8, 4) is 0 Å². The summed E-state index contributed by atoms with van der Waals surface area (Å²) in [6.07, 6.45) is 1.51. The predicted octanol–water partition coefficient (Wildman–Crippen LogP) is 2.54. The maximum Gasteiger partial charge on any atom is 0.355 e. The molecule has 0 fully saturated rings. The Morgan fingerprint density at radius 1 is 1.30 bits per heavy atom. The second-order valence-electron chi connectivity index (χ2n) is 4.22. The molecule has 0 aliphatic rings. The van der Waals surface area contributed by atoms with E-state index >= 15 is 0 Å². The average Bonchev–Trinajstić information content (AvgIpc) is 2.98. The molecular weight excluding hydrogens is 262 g/mol. The van der Waals surface area contributed by atoms with Gasteiger partial charge < -0.3 is 18.5 Å². The molecule has 0 aliphatic carbocycles. The molecule has 0 amide bonds. The monoisotopic (exact) mass is 279 g/mol. The van der Waals surface area contributed by atoms with Crippen LogP contribution in [0.2, 0.25) is 0 Å². The highest BCUT2D eigenvalue weighted by Gasteiger charge is 2.26. The number of furan rings is 1. The summed E-state index contributed by atoms with van der Waals surface area (Å²) in [5.74, 6) is -0.896. The summed E-state index contributed by atoms with van der Waals surface area (Å²) in [5, 5.41) is 0. The van der Waals surface area contributed by atoms with Gasteiger partial charge in [-0.1, -0.05) is 0 Å². The van der Waals surface area contributed by atoms with Gasteiger partial charge >= 0.3 is 11.9 Å². The minimum Gasteiger partial charge on any atom is -0.464 e. The SMILES string of the molecule is CCOC(=O)c1cc2occc2n1C(C)C(=O)OCC. The number of nitrogens with zero attached hydrogens (tertiary/aromatic N) is 1. The van der Waals surface area contributed by atoms with Gasteiger partial charge in [-0.2, -0.15) is 0 Å². The molecule has 2 heterocycles. The molecule has 20 heavy (non-hydrogen) atoms. The number of hydrogen-bond acceptors (Lipinski definition) is 5. The number of rotatable bonds is 5. The van der Waals surface area contributed by atoms with Gasteiger partial charge in [-0.15, -0.1) is 0 Å². The number of aromatic nitrogens is 1. The van der Waals surface area contributed by atoms with Crippen LogP contribution < -0.4 is 0 Å². The molecule has 2 aromatic rings. The maximum atomic E-state index is 12.0. The molecule has 2 aromatic heterocycles. The second-order valence-corrected chi connectivity index (χ2v) is 4.22. The second kappa shape index (κ2) is 5.81. The number of ether oxygens (including phenoxy) is 2. The maximum absolute atomic E-state index is 12.0. The highest BCUT2D eigenvalue weighted by Crippen LogP contribution is 2.26. The van der Waals surface area contributed by atoms with Crippen LogP contribution in [-0.2, 0) is 14.3 Å². The molecule has 0 aliphatic heterocycles. The summed E-state index contributed by atoms with van der Waals surface area (Å²) in [6, 6.07) is 2.64. The quantitative estimate of drug-likeness (QED) is 0.786. The summed E-state index contributed by atoms with van der Waals surface area (Å²) in [5.41, 5.74) is 1.47. The number of carbonyl (C=O) groups is 2. The van der Waals surface area contributed by atoms with Crippen LogP contribution in [0, 0.1) is 0 Å². The highest BCUT2D eigenvalue weighted by atomic mass is 16.5. The van der Waals surface area contributed by atoms with Crippen LogP contribution in [0.4, 0.5) is 0 Å². The van der Waals surface area contributed by atoms with E-state index in [-0.39, 0.29) is 18.9 Å². The van der Waals surface area contributed by atoms with E-state index in [1.54, 1.807) is 37.5 Å². The topological polar surface area (TPSA) is 70.7 Å². The van der Waals surface area contributed by atoms with Gasteiger partial charge in [0.2, 0.25) is 0 Å². The molecule has 6 heteroatoms. The van der Waals surface area contributed by atoms with Crippen LogP contribution in [0.15, 0.2) is 22.8 Å². The van der Waals surface area contributed by atoms with Crippen molar-refractivity contribution in [1.29, 1.82) is 0 Å². The van der Waals surface area contributed by atoms with Gasteiger partial charge in [-0.05, 0) is 20.8 Å². The van der Waals surface area contributed by atoms with E-state index in [0.29, 0.717) is 11.1 Å². The van der Waals surface area contributed by atoms with Crippen molar-refractivity contribution in [3.05, 3.63) is 24.1 Å². The van der Waals surface area contributed by atoms with E-state index in [0.717, 1.165) is 0 Å². The third-order valence-electron chi connectivity index (χ3n) is 2.96. The Bertz CT molecular complexity index is 625. The molecule has 1 unspecified atom stereocenters. The average molecular weight is 279 g/mol. The molecular formula is C14H17NO5. The Morgan fingerprint density at radius 2 is 2.00 bits per heavy atom. The fourth-order valence-corrected chi connectivity index (χ4v) is 2.09. The molecule has 0 bridgehead atoms. The first-order valence-electron chi connectivity index (χ1n) is 6.52. The Hall–Kier alpha value is -2.24. The number of hydrogen-bond donors (Lipinski definition) is 0. The van der Waals surface area contributed by atoms with Crippen molar-refractivity contribution >= 4 is 23.0 Å². The Morgan fingerprint density at radius 3 is 2.65 bits per heavy atom. The van der Waals surface area contributed by atoms with Crippen molar-refractivity contribution in [2.45, 2.75) is 26.8 Å². The fourth-order valence-electron chi connectivity index (χ4n) is 2.09. The lowest BCUT2D eigenvalue weighted by Crippen LogP contribution is -2.23. The van der Waals surface area contributed by atoms with Gasteiger partial charge in [0.05, 0.1) is 25.0 Å². The van der Waals surface area contributed by atoms with Crippen molar-refractivity contribution in [3.63, 3.8) is 0 Å². The third kappa shape index (κ3) is 2.41. The van der Waals surface area contributed by atoms with E-state index in [9.17, 15) is 9.59 Å². The number of fused-ring (bicyclic) bond motifs is 1. The summed E-state index contributed by atoms with van der Waals surface area (Å²) in [4.78, 5) is 23.9. The normalized spacial score (nSPS) is 12.3. The standard InChI is InChI=1S/C14H17NO5/c1-4-18-13(16)9(3)15-10-6-7-20-12(10)8-11(15)14(17)19-5-2/h6-9H,4-5H2,1-3H3. The van der Waals surface area contributed by atoms with E-state index in [4.69, 9.17) is 13.9 Å². The van der Waals surface area contributed by atoms with Crippen LogP contribution in [0.1, 0.15) is 37.3 Å². The van der Waals surface area contributed by atoms with Crippen LogP contribution in [-0.4, -0.2) is 29.7 Å². The molecule has 1 atom stereocenters. The molecule has 0 aromatic carbocycles. The minimum atomic E-state index is -0.635. The van der Waals surface area contributed by atoms with Gasteiger partial charge in [0.15, 0.2) is 5.58 Å². The molecule has 2 rings (SSSR count). The molecule has 0 spiro atoms. The van der Waals surface area contributed by atoms with Gasteiger partial charge in [0.1, 0.15) is 11.7 Å². The molecule has 0 saturated carbocycles. The van der Waals surface area contributed by atoms with Crippen molar-refractivity contribution in [2.24, 2.45) is 0 Å². The smallest absolute Gasteiger partial charge is 0.355 e. The largest absolute Gasteiger partial charge is 0.464 e. The van der Waals surface area contributed by atoms with Crippen LogP contribution >= 0.6 is 0 Å². The first-order chi connectivity index (χ1) is 9.60. The van der Waals surface area contributed by atoms with E-state index < -0.39 is 18.0 Å². The molecule has 0 saturated heterocycles. The highest BCUT2D eigenvalue weighted by molar-refractivity contribution is 5.95. The Kier molecular flexibility index (Phi) is 4.12. The van der Waals surface area contributed by atoms with Crippen LogP contribution in [0.5, 0.6) is 0 Å². The summed E-state index contributed by atoms with van der Waals surface area (Å²) < 4.78 is 16.9. The van der Waals surface area contributed by atoms with Crippen LogP contribution in [0.3, 0.4) is 0 Å². The molecule has 108 valence electrons. The van der Waals surface area contributed by atoms with Crippen LogP contribution in [0.25, 0.3) is 11.1 Å². The van der Waals surface area contributed by atoms with Crippen molar-refractivity contribution in [1.82, 2.24) is 4.57 Å². The van der Waals surface area contributed by atoms with E-state index in [1.807, 2.05) is 0 Å². The van der Waals surface area contributed by atoms with E-state index in [1.165, 1.54) is 6.26 Å². The Labute approximate surface area is 116 Å². The van der Waals surface area contributed by atoms with Gasteiger partial charge in [-0.3, -0.25) is 0 Å². The van der Waals surface area contributed by atoms with Gasteiger partial charge in [-0.25, -0.2) is 9.59 Å². The van der Waals surface area contributed by atoms with E-state index in [2.05, 4.69) is 0 Å². The van der Waals surface area contributed by atoms with Crippen molar-refractivity contribution in [2.75, 3.05) is 13.2 Å². The third-order valence-corrected chi connectivity index (χ3v) is 2.96. The zero-order chi connectivity index (χ0) is 14.7. The summed E-state index contributed by atoms with van der Waals surface area (Å²) in [7, 11) is 0. The summed E-state index contributed by atoms with van der Waals surface area (Å²) >= 11 is 0. The zero-order valence-corrected chi connectivity index (χ0v) is 11.7. The minimum absolute atomic E-state index is 0.263. The zero-order valence-electron chi connectivity index (χ0n) is 11.7. The molecule has 0 radical (unpaired) electrons. The fraction of sp³-hybridized carbons (Fsp3) is 0.429. The van der Waals surface area contributed by atoms with Gasteiger partial charge in [0.25, 0.3) is 0 Å². The summed E-state index contributed by atoms with van der Waals surface area (Å²) in [6.45, 7) is 5.68. The van der Waals surface area contributed by atoms with Crippen molar-refractivity contribution < 1.29 is 23.5 Å². The lowest BCUT2D eigenvalue weighted by atomic mass is 10.3.